The summed E-state index contributed by atoms with van der Waals surface area (Å²) in [7, 11) is -6.22. The minimum atomic E-state index is -4.68. The molecule has 5 rings (SSSR count). The monoisotopic (exact) mass is 804 g/mol. The Morgan fingerprint density at radius 1 is 0.768 bits per heavy atom. The average molecular weight is 805 g/mol. The maximum Gasteiger partial charge on any atom is 0.299 e. The van der Waals surface area contributed by atoms with Crippen LogP contribution in [0.3, 0.4) is 0 Å². The van der Waals surface area contributed by atoms with Crippen molar-refractivity contribution in [2.75, 3.05) is 27.1 Å². The number of hydrogen-bond donors (Lipinski definition) is 3. The molecule has 5 N–H and O–H groups in total. The Labute approximate surface area is 319 Å². The van der Waals surface area contributed by atoms with E-state index in [0.29, 0.717) is 29.0 Å². The molecule has 21 heteroatoms. The number of phenols is 1. The Balaban J connectivity index is 1.64. The summed E-state index contributed by atoms with van der Waals surface area (Å²) in [4.78, 5) is 20.6. The van der Waals surface area contributed by atoms with E-state index in [2.05, 4.69) is 34.9 Å². The summed E-state index contributed by atoms with van der Waals surface area (Å²) in [5, 5.41) is 35.7. The highest BCUT2D eigenvalue weighted by atomic mass is 32.2. The topological polar surface area (TPSA) is 286 Å². The fraction of sp³-hybridized carbons (Fsp3) is 0.143. The van der Waals surface area contributed by atoms with E-state index in [1.54, 1.807) is 43.3 Å². The highest BCUT2D eigenvalue weighted by Gasteiger charge is 2.30. The SMILES string of the molecule is COc1cc(N=Nc2cccc(COC=O)c2)c(C)cc1N=Nc1cc(S(=O)(=O)OC)c2cc(S(=O)(=O)OC)c(N=Nc3ccc(C(N)=O)cc3)c(O)c2c1N. The molecular formula is C35H32N8O11S2. The van der Waals surface area contributed by atoms with Crippen LogP contribution in [0.2, 0.25) is 0 Å². The molecule has 0 atom stereocenters. The number of ether oxygens (including phenoxy) is 2. The number of aryl methyl sites for hydroxylation is 1. The number of nitrogen functional groups attached to an aromatic ring is 1. The normalized spacial score (nSPS) is 12.2. The average Bonchev–Trinajstić information content (AvgIpc) is 3.18. The maximum absolute atomic E-state index is 13.2. The summed E-state index contributed by atoms with van der Waals surface area (Å²) in [5.74, 6) is -1.41. The minimum absolute atomic E-state index is 0.0679. The third kappa shape index (κ3) is 8.65. The smallest absolute Gasteiger partial charge is 0.299 e. The van der Waals surface area contributed by atoms with Crippen LogP contribution in [-0.4, -0.2) is 55.7 Å². The molecule has 0 aliphatic heterocycles. The molecule has 0 unspecified atom stereocenters. The van der Waals surface area contributed by atoms with Crippen molar-refractivity contribution >= 4 is 83.2 Å². The van der Waals surface area contributed by atoms with Crippen molar-refractivity contribution in [2.24, 2.45) is 36.4 Å². The van der Waals surface area contributed by atoms with Crippen LogP contribution in [0.4, 0.5) is 39.8 Å². The largest absolute Gasteiger partial charge is 0.505 e. The quantitative estimate of drug-likeness (QED) is 0.0412. The predicted molar refractivity (Wildman–Crippen MR) is 201 cm³/mol. The van der Waals surface area contributed by atoms with Crippen LogP contribution >= 0.6 is 0 Å². The number of nitrogens with two attached hydrogens (primary N) is 2. The Bertz CT molecular complexity index is 2670. The van der Waals surface area contributed by atoms with Crippen molar-refractivity contribution < 1.29 is 49.4 Å². The lowest BCUT2D eigenvalue weighted by Crippen LogP contribution is -2.10. The second-order valence-corrected chi connectivity index (χ2v) is 14.8. The van der Waals surface area contributed by atoms with Gasteiger partial charge < -0.3 is 26.0 Å². The van der Waals surface area contributed by atoms with E-state index in [9.17, 15) is 31.5 Å². The number of carbonyl (C=O) groups is 2. The number of aromatic hydroxyl groups is 1. The molecule has 290 valence electrons. The lowest BCUT2D eigenvalue weighted by Gasteiger charge is -2.16. The van der Waals surface area contributed by atoms with Crippen LogP contribution in [0, 0.1) is 6.92 Å². The van der Waals surface area contributed by atoms with E-state index >= 15 is 0 Å². The molecule has 1 amide bonds. The van der Waals surface area contributed by atoms with Crippen LogP contribution < -0.4 is 16.2 Å². The van der Waals surface area contributed by atoms with Gasteiger partial charge in [-0.2, -0.15) is 32.2 Å². The number of fused-ring (bicyclic) bond motifs is 1. The predicted octanol–water partition coefficient (Wildman–Crippen LogP) is 7.13. The molecule has 0 saturated carbocycles. The lowest BCUT2D eigenvalue weighted by atomic mass is 10.0. The number of benzene rings is 5. The molecule has 5 aromatic carbocycles. The number of methoxy groups -OCH3 is 1. The van der Waals surface area contributed by atoms with Crippen molar-refractivity contribution in [3.05, 3.63) is 89.5 Å². The second-order valence-electron chi connectivity index (χ2n) is 11.4. The first-order chi connectivity index (χ1) is 26.6. The van der Waals surface area contributed by atoms with E-state index in [4.69, 9.17) is 25.1 Å². The number of phenolic OH excluding ortho intramolecular Hbond substituents is 1. The first-order valence-electron chi connectivity index (χ1n) is 15.8. The van der Waals surface area contributed by atoms with Gasteiger partial charge in [-0.3, -0.25) is 18.0 Å². The summed E-state index contributed by atoms with van der Waals surface area (Å²) in [5.41, 5.74) is 13.1. The summed E-state index contributed by atoms with van der Waals surface area (Å²) < 4.78 is 72.4. The number of anilines is 1. The van der Waals surface area contributed by atoms with Gasteiger partial charge in [0.1, 0.15) is 39.2 Å². The van der Waals surface area contributed by atoms with Crippen molar-refractivity contribution in [3.63, 3.8) is 0 Å². The van der Waals surface area contributed by atoms with E-state index in [-0.39, 0.29) is 51.4 Å². The molecule has 56 heavy (non-hydrogen) atoms. The Hall–Kier alpha value is -6.68. The van der Waals surface area contributed by atoms with Gasteiger partial charge in [-0.25, -0.2) is 0 Å². The van der Waals surface area contributed by atoms with E-state index < -0.39 is 47.4 Å². The standard InChI is InChI=1S/C35H32N8O11S2/c1-19-12-26(28(51-2)15-25(19)40-39-23-7-5-6-20(13-23)17-54-18-44)41-42-27-16-29(55(47,48)52-3)24-14-30(56(49,50)53-4)33(34(45)31(24)32(27)36)43-38-22-10-8-21(9-11-22)35(37)46/h5-16,18,45H,17,36H2,1-4H3,(H2,37,46). The summed E-state index contributed by atoms with van der Waals surface area (Å²) in [6.45, 7) is 2.13. The Kier molecular flexibility index (Phi) is 12.1. The first-order valence-corrected chi connectivity index (χ1v) is 18.7. The molecule has 0 radical (unpaired) electrons. The van der Waals surface area contributed by atoms with E-state index in [1.165, 1.54) is 31.4 Å². The third-order valence-corrected chi connectivity index (χ3v) is 10.6. The summed E-state index contributed by atoms with van der Waals surface area (Å²) in [6, 6.07) is 17.3. The molecule has 5 aromatic rings. The van der Waals surface area contributed by atoms with Crippen LogP contribution in [0.1, 0.15) is 21.5 Å². The van der Waals surface area contributed by atoms with Crippen LogP contribution in [0.15, 0.2) is 113 Å². The van der Waals surface area contributed by atoms with Gasteiger partial charge in [-0.1, -0.05) is 12.1 Å². The van der Waals surface area contributed by atoms with Crippen LogP contribution in [0.25, 0.3) is 10.8 Å². The van der Waals surface area contributed by atoms with Crippen molar-refractivity contribution in [2.45, 2.75) is 23.3 Å². The second kappa shape index (κ2) is 16.8. The Morgan fingerprint density at radius 2 is 1.41 bits per heavy atom. The van der Waals surface area contributed by atoms with Gasteiger partial charge in [-0.15, -0.1) is 15.3 Å². The molecule has 0 aromatic heterocycles. The summed E-state index contributed by atoms with van der Waals surface area (Å²) >= 11 is 0. The molecule has 0 heterocycles. The number of hydrogen-bond acceptors (Lipinski definition) is 18. The Morgan fingerprint density at radius 3 is 2.05 bits per heavy atom. The van der Waals surface area contributed by atoms with E-state index in [0.717, 1.165) is 26.4 Å². The number of rotatable bonds is 15. The molecule has 0 bridgehead atoms. The molecule has 0 fully saturated rings. The fourth-order valence-corrected chi connectivity index (χ4v) is 6.82. The number of primary amides is 1. The zero-order valence-electron chi connectivity index (χ0n) is 29.9. The molecule has 0 saturated heterocycles. The van der Waals surface area contributed by atoms with Gasteiger partial charge >= 0.3 is 0 Å². The zero-order valence-corrected chi connectivity index (χ0v) is 31.5. The van der Waals surface area contributed by atoms with Crippen molar-refractivity contribution in [1.82, 2.24) is 0 Å². The number of nitrogens with zero attached hydrogens (tertiary/aromatic N) is 6. The maximum atomic E-state index is 13.2. The third-order valence-electron chi connectivity index (χ3n) is 7.98. The highest BCUT2D eigenvalue weighted by molar-refractivity contribution is 7.87. The van der Waals surface area contributed by atoms with Gasteiger partial charge in [-0.05, 0) is 72.6 Å². The van der Waals surface area contributed by atoms with Crippen LogP contribution in [-0.2, 0) is 44.7 Å². The molecule has 0 aliphatic carbocycles. The van der Waals surface area contributed by atoms with Gasteiger partial charge in [0.15, 0.2) is 5.75 Å². The molecular weight excluding hydrogens is 773 g/mol. The van der Waals surface area contributed by atoms with Crippen molar-refractivity contribution in [1.29, 1.82) is 0 Å². The zero-order chi connectivity index (χ0) is 40.8. The van der Waals surface area contributed by atoms with Crippen LogP contribution in [0.5, 0.6) is 11.5 Å². The van der Waals surface area contributed by atoms with Gasteiger partial charge in [0, 0.05) is 17.0 Å². The van der Waals surface area contributed by atoms with E-state index in [1.807, 2.05) is 0 Å². The van der Waals surface area contributed by atoms with Gasteiger partial charge in [0.25, 0.3) is 26.7 Å². The lowest BCUT2D eigenvalue weighted by molar-refractivity contribution is -0.129. The number of azo groups is 3. The highest BCUT2D eigenvalue weighted by Crippen LogP contribution is 2.49. The van der Waals surface area contributed by atoms with Gasteiger partial charge in [0.05, 0.1) is 49.5 Å². The molecule has 0 spiro atoms. The molecule has 19 nitrogen and oxygen atoms in total. The van der Waals surface area contributed by atoms with Gasteiger partial charge in [0.2, 0.25) is 5.91 Å². The first kappa shape index (κ1) is 40.5. The van der Waals surface area contributed by atoms with Crippen molar-refractivity contribution in [3.8, 4) is 11.5 Å². The minimum Gasteiger partial charge on any atom is -0.505 e. The number of carbonyl (C=O) groups excluding carboxylic acids is 2. The fourth-order valence-electron chi connectivity index (χ4n) is 5.13. The molecule has 0 aliphatic rings. The summed E-state index contributed by atoms with van der Waals surface area (Å²) in [6.07, 6.45) is 0. The number of amides is 1.